The minimum Gasteiger partial charge on any atom is -0.462 e. The predicted molar refractivity (Wildman–Crippen MR) is 235 cm³/mol. The van der Waals surface area contributed by atoms with Crippen LogP contribution in [-0.4, -0.2) is 98.3 Å². The smallest absolute Gasteiger partial charge is 0.462 e. The van der Waals surface area contributed by atoms with Crippen molar-refractivity contribution in [3.8, 4) is 0 Å². The lowest BCUT2D eigenvalue weighted by molar-refractivity contribution is -0.220. The van der Waals surface area contributed by atoms with E-state index < -0.39 is 75.7 Å². The lowest BCUT2D eigenvalue weighted by Gasteiger charge is -2.41. The molecule has 0 amide bonds. The Morgan fingerprint density at radius 1 is 0.517 bits per heavy atom. The molecular formula is C46H81O13P. The average molecular weight is 873 g/mol. The van der Waals surface area contributed by atoms with E-state index in [0.717, 1.165) is 103 Å². The van der Waals surface area contributed by atoms with Crippen LogP contribution in [0.1, 0.15) is 174 Å². The summed E-state index contributed by atoms with van der Waals surface area (Å²) in [6.45, 7) is 3.21. The summed E-state index contributed by atoms with van der Waals surface area (Å²) in [7, 11) is -5.12. The molecule has 0 heterocycles. The summed E-state index contributed by atoms with van der Waals surface area (Å²) in [6.07, 6.45) is 28.7. The van der Waals surface area contributed by atoms with Gasteiger partial charge >= 0.3 is 19.8 Å². The van der Waals surface area contributed by atoms with Crippen LogP contribution in [0.4, 0.5) is 0 Å². The molecule has 0 aromatic carbocycles. The van der Waals surface area contributed by atoms with E-state index in [-0.39, 0.29) is 12.8 Å². The molecular weight excluding hydrogens is 791 g/mol. The molecule has 0 aliphatic heterocycles. The lowest BCUT2D eigenvalue weighted by atomic mass is 9.85. The van der Waals surface area contributed by atoms with Gasteiger partial charge in [-0.1, -0.05) is 140 Å². The van der Waals surface area contributed by atoms with Gasteiger partial charge in [0.05, 0.1) is 6.61 Å². The number of phosphoric acid groups is 1. The molecule has 0 aromatic heterocycles. The number of phosphoric ester groups is 1. The monoisotopic (exact) mass is 873 g/mol. The van der Waals surface area contributed by atoms with Crippen molar-refractivity contribution >= 4 is 19.8 Å². The first kappa shape index (κ1) is 55.8. The highest BCUT2D eigenvalue weighted by molar-refractivity contribution is 7.47. The van der Waals surface area contributed by atoms with Gasteiger partial charge in [-0.2, -0.15) is 0 Å². The van der Waals surface area contributed by atoms with E-state index in [9.17, 15) is 44.6 Å². The van der Waals surface area contributed by atoms with Gasteiger partial charge in [-0.3, -0.25) is 18.6 Å². The molecule has 1 fully saturated rings. The van der Waals surface area contributed by atoms with Crippen molar-refractivity contribution < 1.29 is 63.1 Å². The highest BCUT2D eigenvalue weighted by atomic mass is 31.2. The molecule has 1 rings (SSSR count). The van der Waals surface area contributed by atoms with E-state index in [4.69, 9.17) is 18.5 Å². The first-order valence-electron chi connectivity index (χ1n) is 22.9. The Bertz CT molecular complexity index is 1240. The Morgan fingerprint density at radius 3 is 1.40 bits per heavy atom. The van der Waals surface area contributed by atoms with Gasteiger partial charge in [0.2, 0.25) is 0 Å². The second kappa shape index (κ2) is 36.3. The van der Waals surface area contributed by atoms with Crippen molar-refractivity contribution in [2.24, 2.45) is 0 Å². The second-order valence-electron chi connectivity index (χ2n) is 15.9. The minimum absolute atomic E-state index is 0.0834. The standard InChI is InChI=1S/C46H81O13P/c1-3-5-7-9-11-13-15-17-19-20-21-23-25-27-29-31-33-35-40(48)58-38(37-57-60(54,55)59-46-44(52)42(50)41(49)43(51)45(46)53)36-56-39(47)34-32-30-28-26-24-22-18-16-14-12-10-8-6-4-2/h10-13,16-19,38,41-46,49-53H,3-9,14-15,20-37H2,1-2H3,(H,54,55)/b12-10+,13-11+,18-16+,19-17+/t38-,41?,42-,43?,44?,45?,46?/m1/s1. The Morgan fingerprint density at radius 2 is 0.917 bits per heavy atom. The summed E-state index contributed by atoms with van der Waals surface area (Å²) in [5.74, 6) is -1.13. The maximum Gasteiger partial charge on any atom is 0.472 e. The molecule has 1 aliphatic rings. The van der Waals surface area contributed by atoms with Crippen LogP contribution >= 0.6 is 7.82 Å². The fourth-order valence-corrected chi connectivity index (χ4v) is 7.60. The van der Waals surface area contributed by atoms with E-state index in [1.807, 2.05) is 0 Å². The average Bonchev–Trinajstić information content (AvgIpc) is 3.23. The fourth-order valence-electron chi connectivity index (χ4n) is 6.63. The van der Waals surface area contributed by atoms with Gasteiger partial charge in [-0.15, -0.1) is 0 Å². The summed E-state index contributed by atoms with van der Waals surface area (Å²) in [5.41, 5.74) is 0. The third-order valence-corrected chi connectivity index (χ3v) is 11.4. The van der Waals surface area contributed by atoms with Crippen molar-refractivity contribution in [2.45, 2.75) is 217 Å². The summed E-state index contributed by atoms with van der Waals surface area (Å²) in [6, 6.07) is 0. The molecule has 14 heteroatoms. The number of aliphatic hydroxyl groups is 5. The van der Waals surface area contributed by atoms with Gasteiger partial charge < -0.3 is 39.9 Å². The number of carbonyl (C=O) groups is 2. The van der Waals surface area contributed by atoms with Crippen LogP contribution in [0.5, 0.6) is 0 Å². The Balaban J connectivity index is 2.48. The van der Waals surface area contributed by atoms with Crippen LogP contribution in [-0.2, 0) is 32.7 Å². The first-order chi connectivity index (χ1) is 28.9. The van der Waals surface area contributed by atoms with Crippen LogP contribution < -0.4 is 0 Å². The highest BCUT2D eigenvalue weighted by Crippen LogP contribution is 2.47. The van der Waals surface area contributed by atoms with Crippen LogP contribution in [0.3, 0.4) is 0 Å². The molecule has 60 heavy (non-hydrogen) atoms. The molecule has 0 saturated heterocycles. The minimum atomic E-state index is -5.12. The van der Waals surface area contributed by atoms with E-state index >= 15 is 0 Å². The number of esters is 2. The molecule has 0 bridgehead atoms. The second-order valence-corrected chi connectivity index (χ2v) is 17.3. The number of ether oxygens (including phenoxy) is 2. The topological polar surface area (TPSA) is 210 Å². The third-order valence-electron chi connectivity index (χ3n) is 10.4. The molecule has 6 N–H and O–H groups in total. The number of carbonyl (C=O) groups excluding carboxylic acids is 2. The fraction of sp³-hybridized carbons (Fsp3) is 0.783. The Labute approximate surface area is 360 Å². The quantitative estimate of drug-likeness (QED) is 0.0149. The molecule has 0 spiro atoms. The molecule has 1 saturated carbocycles. The van der Waals surface area contributed by atoms with Crippen molar-refractivity contribution in [1.82, 2.24) is 0 Å². The van der Waals surface area contributed by atoms with Crippen LogP contribution in [0.2, 0.25) is 0 Å². The zero-order chi connectivity index (χ0) is 44.3. The van der Waals surface area contributed by atoms with Crippen molar-refractivity contribution in [3.05, 3.63) is 48.6 Å². The Hall–Kier alpha value is -2.19. The first-order valence-corrected chi connectivity index (χ1v) is 24.4. The maximum absolute atomic E-state index is 12.8. The number of hydrogen-bond donors (Lipinski definition) is 6. The van der Waals surface area contributed by atoms with E-state index in [2.05, 4.69) is 62.5 Å². The zero-order valence-corrected chi connectivity index (χ0v) is 37.6. The third kappa shape index (κ3) is 28.4. The number of hydrogen-bond acceptors (Lipinski definition) is 12. The molecule has 6 unspecified atom stereocenters. The largest absolute Gasteiger partial charge is 0.472 e. The van der Waals surface area contributed by atoms with Gasteiger partial charge in [0.15, 0.2) is 6.10 Å². The summed E-state index contributed by atoms with van der Waals surface area (Å²) in [4.78, 5) is 35.7. The number of unbranched alkanes of at least 4 members (excludes halogenated alkanes) is 17. The van der Waals surface area contributed by atoms with E-state index in [1.165, 1.54) is 32.1 Å². The summed E-state index contributed by atoms with van der Waals surface area (Å²) < 4.78 is 33.5. The summed E-state index contributed by atoms with van der Waals surface area (Å²) in [5, 5.41) is 50.1. The molecule has 8 atom stereocenters. The van der Waals surface area contributed by atoms with Gasteiger partial charge in [0, 0.05) is 12.8 Å². The normalized spacial score (nSPS) is 22.6. The van der Waals surface area contributed by atoms with E-state index in [0.29, 0.717) is 12.8 Å². The molecule has 13 nitrogen and oxygen atoms in total. The molecule has 348 valence electrons. The lowest BCUT2D eigenvalue weighted by Crippen LogP contribution is -2.64. The van der Waals surface area contributed by atoms with Gasteiger partial charge in [-0.05, 0) is 70.6 Å². The molecule has 1 aliphatic carbocycles. The highest BCUT2D eigenvalue weighted by Gasteiger charge is 2.51. The van der Waals surface area contributed by atoms with Crippen LogP contribution in [0.25, 0.3) is 0 Å². The van der Waals surface area contributed by atoms with Gasteiger partial charge in [-0.25, -0.2) is 4.57 Å². The van der Waals surface area contributed by atoms with Crippen molar-refractivity contribution in [2.75, 3.05) is 13.2 Å². The van der Waals surface area contributed by atoms with Crippen LogP contribution in [0, 0.1) is 0 Å². The Kier molecular flexibility index (Phi) is 33.8. The van der Waals surface area contributed by atoms with Crippen molar-refractivity contribution in [1.29, 1.82) is 0 Å². The number of rotatable bonds is 37. The molecule has 0 radical (unpaired) electrons. The molecule has 0 aromatic rings. The van der Waals surface area contributed by atoms with Gasteiger partial charge in [0.25, 0.3) is 0 Å². The van der Waals surface area contributed by atoms with Crippen molar-refractivity contribution in [3.63, 3.8) is 0 Å². The number of aliphatic hydroxyl groups excluding tert-OH is 5. The zero-order valence-electron chi connectivity index (χ0n) is 36.7. The van der Waals surface area contributed by atoms with E-state index in [1.54, 1.807) is 0 Å². The van der Waals surface area contributed by atoms with Crippen LogP contribution in [0.15, 0.2) is 48.6 Å². The number of allylic oxidation sites excluding steroid dienone is 8. The SMILES string of the molecule is CCCC/C=C/C/C=C/CCCCCCCC(=O)OC[C@H](COP(=O)(O)OC1C(O)C(O)C(O)[C@@H](O)C1O)OC(=O)CCCCCCCCC/C=C/C/C=C/CCCCC. The summed E-state index contributed by atoms with van der Waals surface area (Å²) >= 11 is 0. The van der Waals surface area contributed by atoms with Gasteiger partial charge in [0.1, 0.15) is 43.2 Å². The predicted octanol–water partition coefficient (Wildman–Crippen LogP) is 8.78. The maximum atomic E-state index is 12.8.